The number of hydrogen-bond acceptors (Lipinski definition) is 5. The Morgan fingerprint density at radius 3 is 2.18 bits per heavy atom. The van der Waals surface area contributed by atoms with E-state index in [1.807, 2.05) is 0 Å². The molecule has 34 heavy (non-hydrogen) atoms. The molecule has 0 aliphatic heterocycles. The highest BCUT2D eigenvalue weighted by Crippen LogP contribution is 2.18. The second-order valence-electron chi connectivity index (χ2n) is 8.08. The highest BCUT2D eigenvalue weighted by molar-refractivity contribution is 6.06. The lowest BCUT2D eigenvalue weighted by Crippen LogP contribution is -2.43. The van der Waals surface area contributed by atoms with E-state index >= 15 is 0 Å². The number of benzene rings is 2. The van der Waals surface area contributed by atoms with E-state index < -0.39 is 11.8 Å². The van der Waals surface area contributed by atoms with Crippen LogP contribution in [0, 0.1) is 19.7 Å². The van der Waals surface area contributed by atoms with E-state index in [2.05, 4.69) is 21.0 Å². The van der Waals surface area contributed by atoms with Gasteiger partial charge in [-0.1, -0.05) is 18.2 Å². The van der Waals surface area contributed by atoms with Gasteiger partial charge in [0.1, 0.15) is 5.82 Å². The molecule has 0 radical (unpaired) electrons. The number of halogens is 1. The highest BCUT2D eigenvalue weighted by atomic mass is 19.1. The van der Waals surface area contributed by atoms with Crippen LogP contribution < -0.4 is 16.4 Å². The number of hydrazine groups is 1. The molecule has 10 heteroatoms. The molecule has 0 spiro atoms. The van der Waals surface area contributed by atoms with Crippen LogP contribution in [0.15, 0.2) is 53.3 Å². The predicted molar refractivity (Wildman–Crippen MR) is 124 cm³/mol. The number of nitrogens with one attached hydrogen (secondary N) is 2. The third kappa shape index (κ3) is 4.05. The smallest absolute Gasteiger partial charge is 0.267 e. The van der Waals surface area contributed by atoms with E-state index in [1.165, 1.54) is 21.5 Å². The van der Waals surface area contributed by atoms with Crippen LogP contribution in [-0.4, -0.2) is 31.4 Å². The first-order valence-electron chi connectivity index (χ1n) is 10.6. The van der Waals surface area contributed by atoms with Gasteiger partial charge < -0.3 is 0 Å². The van der Waals surface area contributed by atoms with E-state index in [1.54, 1.807) is 64.1 Å². The van der Waals surface area contributed by atoms with Crippen molar-refractivity contribution < 1.29 is 14.0 Å². The first-order chi connectivity index (χ1) is 16.2. The quantitative estimate of drug-likeness (QED) is 0.453. The largest absolute Gasteiger partial charge is 0.290 e. The molecule has 0 aliphatic rings. The number of aromatic nitrogens is 4. The number of nitrogens with zero attached hydrogens (tertiary/aromatic N) is 4. The average molecular weight is 462 g/mol. The number of fused-ring (bicyclic) bond motifs is 1. The normalized spacial score (nSPS) is 11.1. The number of carbonyl (C=O) groups excluding carboxylic acids is 2. The fourth-order valence-electron chi connectivity index (χ4n) is 3.76. The zero-order valence-corrected chi connectivity index (χ0v) is 19.1. The minimum atomic E-state index is -0.666. The number of carbonyl (C=O) groups is 2. The Morgan fingerprint density at radius 2 is 1.53 bits per heavy atom. The van der Waals surface area contributed by atoms with E-state index in [-0.39, 0.29) is 28.7 Å². The van der Waals surface area contributed by atoms with Gasteiger partial charge in [-0.3, -0.25) is 25.2 Å². The maximum atomic E-state index is 13.3. The van der Waals surface area contributed by atoms with Crippen LogP contribution in [0.1, 0.15) is 52.1 Å². The summed E-state index contributed by atoms with van der Waals surface area (Å²) in [5, 5.41) is 9.34. The number of rotatable bonds is 4. The lowest BCUT2D eigenvalue weighted by atomic mass is 10.1. The average Bonchev–Trinajstić information content (AvgIpc) is 3.11. The fraction of sp³-hybridized carbons (Fsp3) is 0.208. The molecule has 4 aromatic rings. The van der Waals surface area contributed by atoms with Gasteiger partial charge in [-0.25, -0.2) is 13.8 Å². The van der Waals surface area contributed by atoms with Crippen LogP contribution in [0.5, 0.6) is 0 Å². The molecule has 0 saturated heterocycles. The van der Waals surface area contributed by atoms with Crippen molar-refractivity contribution >= 4 is 22.6 Å². The van der Waals surface area contributed by atoms with E-state index in [4.69, 9.17) is 0 Å². The third-order valence-electron chi connectivity index (χ3n) is 5.41. The second kappa shape index (κ2) is 8.89. The van der Waals surface area contributed by atoms with Gasteiger partial charge in [0.15, 0.2) is 5.69 Å². The van der Waals surface area contributed by atoms with Gasteiger partial charge in [-0.2, -0.15) is 10.2 Å². The highest BCUT2D eigenvalue weighted by Gasteiger charge is 2.22. The van der Waals surface area contributed by atoms with Gasteiger partial charge in [0.05, 0.1) is 34.1 Å². The summed E-state index contributed by atoms with van der Waals surface area (Å²) >= 11 is 0. The van der Waals surface area contributed by atoms with Crippen molar-refractivity contribution in [2.75, 3.05) is 0 Å². The molecule has 0 atom stereocenters. The molecule has 4 rings (SSSR count). The molecular formula is C24H23FN6O3. The Labute approximate surface area is 194 Å². The lowest BCUT2D eigenvalue weighted by Gasteiger charge is -2.14. The Balaban J connectivity index is 1.61. The molecule has 0 saturated carbocycles. The van der Waals surface area contributed by atoms with Crippen molar-refractivity contribution in [2.45, 2.75) is 33.7 Å². The molecule has 0 unspecified atom stereocenters. The molecule has 2 amide bonds. The number of aryl methyl sites for hydroxylation is 1. The molecule has 174 valence electrons. The van der Waals surface area contributed by atoms with Gasteiger partial charge in [0, 0.05) is 5.39 Å². The van der Waals surface area contributed by atoms with Crippen molar-refractivity contribution in [3.8, 4) is 5.69 Å². The van der Waals surface area contributed by atoms with Crippen LogP contribution in [0.4, 0.5) is 4.39 Å². The standard InChI is InChI=1S/C24H23FN6O3/c1-13(2)30-24(34)19-8-6-5-7-18(19)21(29-30)23(33)27-26-22(32)20-14(3)28-31(15(20)4)17-11-9-16(25)10-12-17/h5-13H,1-4H3,(H,26,32)(H,27,33). The van der Waals surface area contributed by atoms with Crippen molar-refractivity contribution in [3.63, 3.8) is 0 Å². The fourth-order valence-corrected chi connectivity index (χ4v) is 3.76. The minimum Gasteiger partial charge on any atom is -0.267 e. The van der Waals surface area contributed by atoms with E-state index in [9.17, 15) is 18.8 Å². The molecule has 2 heterocycles. The summed E-state index contributed by atoms with van der Waals surface area (Å²) in [7, 11) is 0. The zero-order chi connectivity index (χ0) is 24.6. The van der Waals surface area contributed by atoms with Gasteiger partial charge in [0.25, 0.3) is 17.4 Å². The Kier molecular flexibility index (Phi) is 5.97. The van der Waals surface area contributed by atoms with Gasteiger partial charge in [0.2, 0.25) is 0 Å². The molecule has 9 nitrogen and oxygen atoms in total. The number of amides is 2. The van der Waals surface area contributed by atoms with Crippen molar-refractivity contribution in [3.05, 3.63) is 87.3 Å². The minimum absolute atomic E-state index is 0.0136. The topological polar surface area (TPSA) is 111 Å². The summed E-state index contributed by atoms with van der Waals surface area (Å²) in [6.07, 6.45) is 0. The molecule has 0 fully saturated rings. The van der Waals surface area contributed by atoms with Crippen LogP contribution in [0.25, 0.3) is 16.5 Å². The lowest BCUT2D eigenvalue weighted by molar-refractivity contribution is 0.0842. The maximum Gasteiger partial charge on any atom is 0.290 e. The molecule has 0 bridgehead atoms. The summed E-state index contributed by atoms with van der Waals surface area (Å²) in [5.74, 6) is -1.62. The third-order valence-corrected chi connectivity index (χ3v) is 5.41. The summed E-state index contributed by atoms with van der Waals surface area (Å²) in [5.41, 5.74) is 6.32. The summed E-state index contributed by atoms with van der Waals surface area (Å²) in [4.78, 5) is 38.5. The molecule has 0 aliphatic carbocycles. The molecule has 2 aromatic heterocycles. The summed E-state index contributed by atoms with van der Waals surface area (Å²) in [6, 6.07) is 12.1. The summed E-state index contributed by atoms with van der Waals surface area (Å²) < 4.78 is 16.0. The summed E-state index contributed by atoms with van der Waals surface area (Å²) in [6.45, 7) is 6.94. The SMILES string of the molecule is Cc1nn(-c2ccc(F)cc2)c(C)c1C(=O)NNC(=O)c1nn(C(C)C)c(=O)c2ccccc12. The van der Waals surface area contributed by atoms with Gasteiger partial charge in [-0.05, 0) is 58.0 Å². The Morgan fingerprint density at radius 1 is 0.912 bits per heavy atom. The zero-order valence-electron chi connectivity index (χ0n) is 19.1. The van der Waals surface area contributed by atoms with Crippen LogP contribution in [-0.2, 0) is 0 Å². The first kappa shape index (κ1) is 22.8. The first-order valence-corrected chi connectivity index (χ1v) is 10.6. The Hall–Kier alpha value is -4.34. The predicted octanol–water partition coefficient (Wildman–Crippen LogP) is 2.99. The Bertz CT molecular complexity index is 1470. The molecular weight excluding hydrogens is 439 g/mol. The van der Waals surface area contributed by atoms with Crippen molar-refractivity contribution in [1.29, 1.82) is 0 Å². The molecule has 2 aromatic carbocycles. The van der Waals surface area contributed by atoms with Gasteiger partial charge in [-0.15, -0.1) is 0 Å². The second-order valence-corrected chi connectivity index (χ2v) is 8.08. The van der Waals surface area contributed by atoms with Crippen molar-refractivity contribution in [2.24, 2.45) is 0 Å². The van der Waals surface area contributed by atoms with Crippen LogP contribution in [0.3, 0.4) is 0 Å². The van der Waals surface area contributed by atoms with Crippen LogP contribution in [0.2, 0.25) is 0 Å². The van der Waals surface area contributed by atoms with E-state index in [0.717, 1.165) is 0 Å². The number of hydrogen-bond donors (Lipinski definition) is 2. The van der Waals surface area contributed by atoms with Crippen LogP contribution >= 0.6 is 0 Å². The van der Waals surface area contributed by atoms with E-state index in [0.29, 0.717) is 27.8 Å². The maximum absolute atomic E-state index is 13.3. The molecule has 2 N–H and O–H groups in total. The monoisotopic (exact) mass is 462 g/mol. The van der Waals surface area contributed by atoms with Crippen molar-refractivity contribution in [1.82, 2.24) is 30.4 Å². The van der Waals surface area contributed by atoms with Gasteiger partial charge >= 0.3 is 0 Å².